The predicted octanol–water partition coefficient (Wildman–Crippen LogP) is 2.97. The molecular formula is C17H18N2O4. The van der Waals surface area contributed by atoms with Crippen LogP contribution in [0.25, 0.3) is 0 Å². The van der Waals surface area contributed by atoms with Crippen LogP contribution >= 0.6 is 0 Å². The summed E-state index contributed by atoms with van der Waals surface area (Å²) in [6, 6.07) is 11.2. The van der Waals surface area contributed by atoms with Crippen LogP contribution in [0.15, 0.2) is 42.5 Å². The van der Waals surface area contributed by atoms with E-state index in [1.54, 1.807) is 43.3 Å². The Morgan fingerprint density at radius 1 is 1.26 bits per heavy atom. The van der Waals surface area contributed by atoms with Crippen molar-refractivity contribution >= 4 is 11.6 Å². The predicted molar refractivity (Wildman–Crippen MR) is 86.6 cm³/mol. The summed E-state index contributed by atoms with van der Waals surface area (Å²) < 4.78 is 0. The van der Waals surface area contributed by atoms with E-state index in [4.69, 9.17) is 0 Å². The van der Waals surface area contributed by atoms with Crippen LogP contribution in [0, 0.1) is 17.0 Å². The number of benzene rings is 2. The fourth-order valence-electron chi connectivity index (χ4n) is 2.42. The third kappa shape index (κ3) is 4.06. The third-order valence-corrected chi connectivity index (χ3v) is 3.52. The molecule has 1 amide bonds. The van der Waals surface area contributed by atoms with Crippen LogP contribution in [0.1, 0.15) is 28.4 Å². The number of carbonyl (C=O) groups is 1. The number of para-hydroxylation sites is 1. The lowest BCUT2D eigenvalue weighted by atomic mass is 10.0. The highest BCUT2D eigenvalue weighted by Crippen LogP contribution is 2.23. The lowest BCUT2D eigenvalue weighted by Gasteiger charge is -2.14. The molecule has 6 nitrogen and oxygen atoms in total. The van der Waals surface area contributed by atoms with Crippen molar-refractivity contribution in [3.63, 3.8) is 0 Å². The minimum atomic E-state index is -0.533. The average molecular weight is 314 g/mol. The molecule has 0 aromatic heterocycles. The van der Waals surface area contributed by atoms with Crippen LogP contribution in [0.5, 0.6) is 5.75 Å². The number of carbonyl (C=O) groups excluding carboxylic acids is 1. The molecule has 0 unspecified atom stereocenters. The Balaban J connectivity index is 2.11. The zero-order valence-corrected chi connectivity index (χ0v) is 12.9. The molecule has 6 heteroatoms. The summed E-state index contributed by atoms with van der Waals surface area (Å²) in [5.74, 6) is -0.285. The fraction of sp³-hybridized carbons (Fsp3) is 0.235. The topological polar surface area (TPSA) is 92.5 Å². The summed E-state index contributed by atoms with van der Waals surface area (Å²) in [6.45, 7) is 3.43. The number of aryl methyl sites for hydroxylation is 1. The second-order valence-electron chi connectivity index (χ2n) is 5.47. The molecule has 0 saturated carbocycles. The Bertz CT molecular complexity index is 726. The number of amides is 1. The number of nitrogens with one attached hydrogen (secondary N) is 1. The molecule has 0 radical (unpaired) electrons. The van der Waals surface area contributed by atoms with Gasteiger partial charge in [-0.3, -0.25) is 14.9 Å². The second-order valence-corrected chi connectivity index (χ2v) is 5.47. The molecule has 0 aliphatic carbocycles. The van der Waals surface area contributed by atoms with Gasteiger partial charge in [0.15, 0.2) is 0 Å². The van der Waals surface area contributed by atoms with E-state index in [9.17, 15) is 20.0 Å². The van der Waals surface area contributed by atoms with E-state index in [0.717, 1.165) is 5.56 Å². The van der Waals surface area contributed by atoms with E-state index in [-0.39, 0.29) is 23.0 Å². The Hall–Kier alpha value is -2.89. The summed E-state index contributed by atoms with van der Waals surface area (Å²) in [7, 11) is 0. The molecule has 23 heavy (non-hydrogen) atoms. The molecule has 0 fully saturated rings. The summed E-state index contributed by atoms with van der Waals surface area (Å²) in [4.78, 5) is 22.9. The van der Waals surface area contributed by atoms with Gasteiger partial charge in [0.05, 0.1) is 4.92 Å². The highest BCUT2D eigenvalue weighted by atomic mass is 16.6. The molecule has 0 spiro atoms. The zero-order chi connectivity index (χ0) is 17.0. The SMILES string of the molecule is Cc1cccc(C(=O)N[C@H](C)Cc2ccc(O)cc2)c1[N+](=O)[O-]. The number of hydrogen-bond acceptors (Lipinski definition) is 4. The lowest BCUT2D eigenvalue weighted by Crippen LogP contribution is -2.34. The van der Waals surface area contributed by atoms with Crippen molar-refractivity contribution in [1.29, 1.82) is 0 Å². The number of rotatable bonds is 5. The van der Waals surface area contributed by atoms with Crippen molar-refractivity contribution < 1.29 is 14.8 Å². The van der Waals surface area contributed by atoms with E-state index in [2.05, 4.69) is 5.32 Å². The van der Waals surface area contributed by atoms with Gasteiger partial charge in [-0.15, -0.1) is 0 Å². The van der Waals surface area contributed by atoms with Gasteiger partial charge < -0.3 is 10.4 Å². The molecule has 0 aliphatic rings. The van der Waals surface area contributed by atoms with Crippen molar-refractivity contribution in [2.75, 3.05) is 0 Å². The van der Waals surface area contributed by atoms with Crippen molar-refractivity contribution in [2.45, 2.75) is 26.3 Å². The lowest BCUT2D eigenvalue weighted by molar-refractivity contribution is -0.385. The molecule has 1 atom stereocenters. The van der Waals surface area contributed by atoms with E-state index in [0.29, 0.717) is 12.0 Å². The number of phenols is 1. The molecule has 0 aliphatic heterocycles. The molecule has 2 aromatic carbocycles. The van der Waals surface area contributed by atoms with E-state index >= 15 is 0 Å². The van der Waals surface area contributed by atoms with Gasteiger partial charge in [0.2, 0.25) is 0 Å². The normalized spacial score (nSPS) is 11.7. The van der Waals surface area contributed by atoms with Crippen LogP contribution in [0.2, 0.25) is 0 Å². The van der Waals surface area contributed by atoms with E-state index < -0.39 is 10.8 Å². The zero-order valence-electron chi connectivity index (χ0n) is 12.9. The van der Waals surface area contributed by atoms with Crippen molar-refractivity contribution in [3.05, 3.63) is 69.3 Å². The fourth-order valence-corrected chi connectivity index (χ4v) is 2.42. The van der Waals surface area contributed by atoms with Gasteiger partial charge in [-0.05, 0) is 44.0 Å². The number of hydrogen-bond donors (Lipinski definition) is 2. The maximum atomic E-state index is 12.3. The Morgan fingerprint density at radius 3 is 2.52 bits per heavy atom. The minimum Gasteiger partial charge on any atom is -0.508 e. The van der Waals surface area contributed by atoms with Crippen molar-refractivity contribution in [1.82, 2.24) is 5.32 Å². The molecule has 120 valence electrons. The van der Waals surface area contributed by atoms with Crippen LogP contribution in [-0.2, 0) is 6.42 Å². The highest BCUT2D eigenvalue weighted by molar-refractivity contribution is 5.98. The summed E-state index contributed by atoms with van der Waals surface area (Å²) in [5.41, 5.74) is 1.30. The Morgan fingerprint density at radius 2 is 1.91 bits per heavy atom. The van der Waals surface area contributed by atoms with E-state index in [1.165, 1.54) is 6.07 Å². The second kappa shape index (κ2) is 6.91. The highest BCUT2D eigenvalue weighted by Gasteiger charge is 2.23. The number of nitro benzene ring substituents is 1. The van der Waals surface area contributed by atoms with Crippen LogP contribution in [0.3, 0.4) is 0 Å². The first kappa shape index (κ1) is 16.5. The van der Waals surface area contributed by atoms with Crippen LogP contribution in [0.4, 0.5) is 5.69 Å². The summed E-state index contributed by atoms with van der Waals surface area (Å²) >= 11 is 0. The minimum absolute atomic E-state index is 0.0626. The van der Waals surface area contributed by atoms with Gasteiger partial charge in [-0.2, -0.15) is 0 Å². The average Bonchev–Trinajstić information content (AvgIpc) is 2.48. The molecule has 2 N–H and O–H groups in total. The maximum Gasteiger partial charge on any atom is 0.285 e. The number of phenolic OH excluding ortho intramolecular Hbond substituents is 1. The van der Waals surface area contributed by atoms with Gasteiger partial charge >= 0.3 is 0 Å². The van der Waals surface area contributed by atoms with Crippen LogP contribution < -0.4 is 5.32 Å². The number of aromatic hydroxyl groups is 1. The molecular weight excluding hydrogens is 296 g/mol. The van der Waals surface area contributed by atoms with Gasteiger partial charge in [-0.1, -0.05) is 24.3 Å². The molecule has 2 rings (SSSR count). The molecule has 2 aromatic rings. The Kier molecular flexibility index (Phi) is 4.95. The molecule has 0 saturated heterocycles. The molecule has 0 heterocycles. The van der Waals surface area contributed by atoms with Crippen LogP contribution in [-0.4, -0.2) is 22.0 Å². The summed E-state index contributed by atoms with van der Waals surface area (Å²) in [5, 5.41) is 23.2. The monoisotopic (exact) mass is 314 g/mol. The Labute approximate surface area is 133 Å². The number of nitrogens with zero attached hydrogens (tertiary/aromatic N) is 1. The largest absolute Gasteiger partial charge is 0.508 e. The van der Waals surface area contributed by atoms with Gasteiger partial charge in [0.25, 0.3) is 11.6 Å². The first-order chi connectivity index (χ1) is 10.9. The van der Waals surface area contributed by atoms with Crippen molar-refractivity contribution in [2.24, 2.45) is 0 Å². The maximum absolute atomic E-state index is 12.3. The summed E-state index contributed by atoms with van der Waals surface area (Å²) in [6.07, 6.45) is 0.561. The quantitative estimate of drug-likeness (QED) is 0.655. The first-order valence-corrected chi connectivity index (χ1v) is 7.21. The van der Waals surface area contributed by atoms with Gasteiger partial charge in [0.1, 0.15) is 11.3 Å². The third-order valence-electron chi connectivity index (χ3n) is 3.52. The van der Waals surface area contributed by atoms with E-state index in [1.807, 2.05) is 6.92 Å². The number of nitro groups is 1. The van der Waals surface area contributed by atoms with Gasteiger partial charge in [0, 0.05) is 11.6 Å². The standard InChI is InChI=1S/C17H18N2O4/c1-11-4-3-5-15(16(11)19(22)23)17(21)18-12(2)10-13-6-8-14(20)9-7-13/h3-9,12,20H,10H2,1-2H3,(H,18,21)/t12-/m1/s1. The molecule has 0 bridgehead atoms. The first-order valence-electron chi connectivity index (χ1n) is 7.21. The van der Waals surface area contributed by atoms with Gasteiger partial charge in [-0.25, -0.2) is 0 Å². The smallest absolute Gasteiger partial charge is 0.285 e. The van der Waals surface area contributed by atoms with Crippen molar-refractivity contribution in [3.8, 4) is 5.75 Å².